The molecule has 1 rings (SSSR count). The van der Waals surface area contributed by atoms with E-state index in [2.05, 4.69) is 5.32 Å². The van der Waals surface area contributed by atoms with Gasteiger partial charge >= 0.3 is 0 Å². The van der Waals surface area contributed by atoms with E-state index in [1.54, 1.807) is 12.1 Å². The Kier molecular flexibility index (Phi) is 5.41. The Bertz CT molecular complexity index is 549. The van der Waals surface area contributed by atoms with Gasteiger partial charge in [0.15, 0.2) is 9.84 Å². The Morgan fingerprint density at radius 1 is 1.42 bits per heavy atom. The summed E-state index contributed by atoms with van der Waals surface area (Å²) in [6.07, 6.45) is 0.735. The standard InChI is InChI=1S/C12H18ClNO3S2/c1-4-12(2,3)14-11(15)8-19(16,17)7-9-5-6-10(13)18-9/h5-6H,4,7-8H2,1-3H3,(H,14,15). The van der Waals surface area contributed by atoms with E-state index in [0.717, 1.165) is 6.42 Å². The lowest BCUT2D eigenvalue weighted by Crippen LogP contribution is -2.45. The first-order valence-electron chi connectivity index (χ1n) is 5.89. The molecule has 1 heterocycles. The van der Waals surface area contributed by atoms with Crippen LogP contribution in [0.2, 0.25) is 4.34 Å². The molecule has 0 fully saturated rings. The molecule has 1 amide bonds. The van der Waals surface area contributed by atoms with Gasteiger partial charge in [0, 0.05) is 10.4 Å². The Balaban J connectivity index is 2.62. The molecule has 0 aromatic carbocycles. The van der Waals surface area contributed by atoms with Crippen molar-refractivity contribution in [3.63, 3.8) is 0 Å². The number of sulfone groups is 1. The molecule has 19 heavy (non-hydrogen) atoms. The summed E-state index contributed by atoms with van der Waals surface area (Å²) in [6.45, 7) is 5.65. The molecule has 0 spiro atoms. The van der Waals surface area contributed by atoms with Crippen LogP contribution < -0.4 is 5.32 Å². The fourth-order valence-electron chi connectivity index (χ4n) is 1.40. The molecule has 0 aliphatic heterocycles. The summed E-state index contributed by atoms with van der Waals surface area (Å²) in [5.41, 5.74) is -0.390. The SMILES string of the molecule is CCC(C)(C)NC(=O)CS(=O)(=O)Cc1ccc(Cl)s1. The van der Waals surface area contributed by atoms with E-state index in [0.29, 0.717) is 9.21 Å². The maximum Gasteiger partial charge on any atom is 0.235 e. The number of rotatable bonds is 6. The zero-order chi connectivity index (χ0) is 14.7. The van der Waals surface area contributed by atoms with Crippen LogP contribution in [0.25, 0.3) is 0 Å². The van der Waals surface area contributed by atoms with Crippen molar-refractivity contribution in [3.05, 3.63) is 21.3 Å². The summed E-state index contributed by atoms with van der Waals surface area (Å²) in [6, 6.07) is 3.32. The molecular weight excluding hydrogens is 306 g/mol. The van der Waals surface area contributed by atoms with Gasteiger partial charge in [0.2, 0.25) is 5.91 Å². The average Bonchev–Trinajstić information content (AvgIpc) is 2.60. The number of hydrogen-bond acceptors (Lipinski definition) is 4. The van der Waals surface area contributed by atoms with Crippen LogP contribution in [0.1, 0.15) is 32.1 Å². The molecule has 108 valence electrons. The minimum atomic E-state index is -3.46. The predicted octanol–water partition coefficient (Wildman–Crippen LogP) is 2.62. The van der Waals surface area contributed by atoms with Crippen LogP contribution in [0.15, 0.2) is 12.1 Å². The molecule has 1 aromatic heterocycles. The quantitative estimate of drug-likeness (QED) is 0.875. The minimum Gasteiger partial charge on any atom is -0.350 e. The first-order valence-corrected chi connectivity index (χ1v) is 8.91. The lowest BCUT2D eigenvalue weighted by atomic mass is 10.0. The summed E-state index contributed by atoms with van der Waals surface area (Å²) in [7, 11) is -3.46. The molecule has 0 unspecified atom stereocenters. The van der Waals surface area contributed by atoms with E-state index in [1.807, 2.05) is 20.8 Å². The van der Waals surface area contributed by atoms with Crippen LogP contribution >= 0.6 is 22.9 Å². The molecule has 7 heteroatoms. The highest BCUT2D eigenvalue weighted by Gasteiger charge is 2.23. The molecule has 1 aromatic rings. The van der Waals surface area contributed by atoms with Gasteiger partial charge in [-0.05, 0) is 32.4 Å². The van der Waals surface area contributed by atoms with E-state index in [1.165, 1.54) is 11.3 Å². The number of carbonyl (C=O) groups excluding carboxylic acids is 1. The molecule has 0 aliphatic carbocycles. The lowest BCUT2D eigenvalue weighted by molar-refractivity contribution is -0.120. The van der Waals surface area contributed by atoms with Gasteiger partial charge in [0.1, 0.15) is 5.75 Å². The van der Waals surface area contributed by atoms with Gasteiger partial charge in [-0.1, -0.05) is 18.5 Å². The van der Waals surface area contributed by atoms with Crippen molar-refractivity contribution in [2.45, 2.75) is 38.5 Å². The number of amides is 1. The second-order valence-electron chi connectivity index (χ2n) is 5.02. The average molecular weight is 324 g/mol. The van der Waals surface area contributed by atoms with E-state index in [9.17, 15) is 13.2 Å². The first-order chi connectivity index (χ1) is 8.63. The van der Waals surface area contributed by atoms with Gasteiger partial charge in [0.25, 0.3) is 0 Å². The van der Waals surface area contributed by atoms with Crippen molar-refractivity contribution in [3.8, 4) is 0 Å². The molecule has 4 nitrogen and oxygen atoms in total. The van der Waals surface area contributed by atoms with Crippen molar-refractivity contribution in [1.29, 1.82) is 0 Å². The number of thiophene rings is 1. The third-order valence-electron chi connectivity index (χ3n) is 2.70. The van der Waals surface area contributed by atoms with Crippen molar-refractivity contribution in [1.82, 2.24) is 5.32 Å². The van der Waals surface area contributed by atoms with Crippen LogP contribution in [-0.4, -0.2) is 25.6 Å². The summed E-state index contributed by atoms with van der Waals surface area (Å²) in [4.78, 5) is 12.4. The van der Waals surface area contributed by atoms with E-state index < -0.39 is 27.0 Å². The molecule has 0 saturated carbocycles. The van der Waals surface area contributed by atoms with Crippen LogP contribution in [0.3, 0.4) is 0 Å². The Labute approximate surface area is 123 Å². The molecule has 0 radical (unpaired) electrons. The Morgan fingerprint density at radius 3 is 2.53 bits per heavy atom. The number of halogens is 1. The molecular formula is C12H18ClNO3S2. The van der Waals surface area contributed by atoms with Crippen molar-refractivity contribution < 1.29 is 13.2 Å². The lowest BCUT2D eigenvalue weighted by Gasteiger charge is -2.24. The first kappa shape index (κ1) is 16.5. The largest absolute Gasteiger partial charge is 0.350 e. The van der Waals surface area contributed by atoms with Gasteiger partial charge < -0.3 is 5.32 Å². The fourth-order valence-corrected chi connectivity index (χ4v) is 4.16. The normalized spacial score (nSPS) is 12.4. The molecule has 0 saturated heterocycles. The topological polar surface area (TPSA) is 63.2 Å². The summed E-state index contributed by atoms with van der Waals surface area (Å²) in [5, 5.41) is 2.71. The van der Waals surface area contributed by atoms with Crippen LogP contribution in [0, 0.1) is 0 Å². The fraction of sp³-hybridized carbons (Fsp3) is 0.583. The minimum absolute atomic E-state index is 0.148. The zero-order valence-electron chi connectivity index (χ0n) is 11.2. The van der Waals surface area contributed by atoms with Crippen molar-refractivity contribution in [2.75, 3.05) is 5.75 Å². The number of hydrogen-bond donors (Lipinski definition) is 1. The molecule has 1 N–H and O–H groups in total. The van der Waals surface area contributed by atoms with Crippen molar-refractivity contribution >= 4 is 38.7 Å². The third kappa shape index (κ3) is 5.93. The monoisotopic (exact) mass is 323 g/mol. The van der Waals surface area contributed by atoms with Gasteiger partial charge in [-0.2, -0.15) is 0 Å². The highest BCUT2D eigenvalue weighted by molar-refractivity contribution is 7.91. The van der Waals surface area contributed by atoms with Gasteiger partial charge in [-0.3, -0.25) is 4.79 Å². The van der Waals surface area contributed by atoms with Crippen LogP contribution in [0.5, 0.6) is 0 Å². The zero-order valence-corrected chi connectivity index (χ0v) is 13.6. The third-order valence-corrected chi connectivity index (χ3v) is 5.57. The van der Waals surface area contributed by atoms with E-state index >= 15 is 0 Å². The summed E-state index contributed by atoms with van der Waals surface area (Å²) >= 11 is 6.96. The highest BCUT2D eigenvalue weighted by Crippen LogP contribution is 2.23. The second-order valence-corrected chi connectivity index (χ2v) is 8.89. The van der Waals surface area contributed by atoms with Gasteiger partial charge in [-0.15, -0.1) is 11.3 Å². The second kappa shape index (κ2) is 6.24. The molecule has 0 bridgehead atoms. The smallest absolute Gasteiger partial charge is 0.235 e. The summed E-state index contributed by atoms with van der Waals surface area (Å²) < 4.78 is 24.3. The Morgan fingerprint density at radius 2 is 2.05 bits per heavy atom. The molecule has 0 atom stereocenters. The number of carbonyl (C=O) groups is 1. The predicted molar refractivity (Wildman–Crippen MR) is 79.3 cm³/mol. The van der Waals surface area contributed by atoms with Crippen LogP contribution in [0.4, 0.5) is 0 Å². The van der Waals surface area contributed by atoms with Crippen LogP contribution in [-0.2, 0) is 20.4 Å². The number of nitrogens with one attached hydrogen (secondary N) is 1. The van der Waals surface area contributed by atoms with E-state index in [-0.39, 0.29) is 5.75 Å². The maximum atomic E-state index is 11.9. The Hall–Kier alpha value is -0.590. The molecule has 0 aliphatic rings. The van der Waals surface area contributed by atoms with Gasteiger partial charge in [0.05, 0.1) is 10.1 Å². The van der Waals surface area contributed by atoms with Crippen molar-refractivity contribution in [2.24, 2.45) is 0 Å². The highest BCUT2D eigenvalue weighted by atomic mass is 35.5. The van der Waals surface area contributed by atoms with E-state index in [4.69, 9.17) is 11.6 Å². The maximum absolute atomic E-state index is 11.9. The summed E-state index contributed by atoms with van der Waals surface area (Å²) in [5.74, 6) is -1.11. The van der Waals surface area contributed by atoms with Gasteiger partial charge in [-0.25, -0.2) is 8.42 Å².